The van der Waals surface area contributed by atoms with Gasteiger partial charge in [-0.3, -0.25) is 19.3 Å². The van der Waals surface area contributed by atoms with E-state index in [2.05, 4.69) is 5.32 Å². The second-order valence-corrected chi connectivity index (χ2v) is 9.48. The Kier molecular flexibility index (Phi) is 6.68. The molecule has 0 radical (unpaired) electrons. The molecule has 0 aliphatic carbocycles. The molecule has 1 aliphatic heterocycles. The smallest absolute Gasteiger partial charge is 0.252 e. The number of amides is 2. The lowest BCUT2D eigenvalue weighted by Crippen LogP contribution is -2.45. The van der Waals surface area contributed by atoms with Crippen molar-refractivity contribution >= 4 is 39.0 Å². The van der Waals surface area contributed by atoms with Gasteiger partial charge in [-0.05, 0) is 35.9 Å². The second kappa shape index (κ2) is 9.69. The van der Waals surface area contributed by atoms with Crippen molar-refractivity contribution in [3.8, 4) is 5.75 Å². The molecule has 0 fully saturated rings. The first-order chi connectivity index (χ1) is 16.7. The maximum Gasteiger partial charge on any atom is 0.252 e. The summed E-state index contributed by atoms with van der Waals surface area (Å²) in [4.78, 5) is 40.5. The van der Waals surface area contributed by atoms with Gasteiger partial charge >= 0.3 is 0 Å². The Morgan fingerprint density at radius 2 is 1.69 bits per heavy atom. The number of hydrogen-bond donors (Lipinski definition) is 2. The quantitative estimate of drug-likeness (QED) is 0.486. The molecule has 3 N–H and O–H groups in total. The van der Waals surface area contributed by atoms with E-state index in [0.717, 1.165) is 0 Å². The monoisotopic (exact) mass is 493 g/mol. The average Bonchev–Trinajstić information content (AvgIpc) is 2.85. The number of benzene rings is 3. The van der Waals surface area contributed by atoms with Gasteiger partial charge in [-0.1, -0.05) is 42.5 Å². The van der Waals surface area contributed by atoms with E-state index < -0.39 is 27.9 Å². The zero-order valence-corrected chi connectivity index (χ0v) is 19.6. The molecule has 3 aromatic rings. The van der Waals surface area contributed by atoms with Crippen molar-refractivity contribution in [2.24, 2.45) is 5.14 Å². The van der Waals surface area contributed by atoms with Gasteiger partial charge < -0.3 is 10.1 Å². The Hall–Kier alpha value is -4.02. The zero-order valence-electron chi connectivity index (χ0n) is 18.8. The molecule has 1 unspecified atom stereocenters. The van der Waals surface area contributed by atoms with Gasteiger partial charge in [0.25, 0.3) is 5.91 Å². The summed E-state index contributed by atoms with van der Waals surface area (Å²) < 4.78 is 28.8. The highest BCUT2D eigenvalue weighted by Crippen LogP contribution is 2.40. The number of primary sulfonamides is 1. The molecule has 1 heterocycles. The van der Waals surface area contributed by atoms with Crippen LogP contribution in [-0.4, -0.2) is 33.1 Å². The van der Waals surface area contributed by atoms with Crippen LogP contribution in [0.15, 0.2) is 77.7 Å². The number of nitrogens with zero attached hydrogens (tertiary/aromatic N) is 1. The molecule has 4 rings (SSSR count). The highest BCUT2D eigenvalue weighted by molar-refractivity contribution is 7.89. The third-order valence-corrected chi connectivity index (χ3v) is 6.59. The first kappa shape index (κ1) is 24.1. The minimum absolute atomic E-state index is 0.108. The topological polar surface area (TPSA) is 136 Å². The van der Waals surface area contributed by atoms with Crippen LogP contribution >= 0.6 is 0 Å². The number of carbonyl (C=O) groups is 3. The van der Waals surface area contributed by atoms with Gasteiger partial charge in [-0.15, -0.1) is 0 Å². The number of sulfonamides is 1. The lowest BCUT2D eigenvalue weighted by Gasteiger charge is -2.37. The van der Waals surface area contributed by atoms with Crippen LogP contribution in [0.5, 0.6) is 5.75 Å². The summed E-state index contributed by atoms with van der Waals surface area (Å²) in [5, 5.41) is 7.90. The minimum Gasteiger partial charge on any atom is -0.496 e. The van der Waals surface area contributed by atoms with Crippen LogP contribution in [0.2, 0.25) is 0 Å². The highest BCUT2D eigenvalue weighted by Gasteiger charge is 2.38. The van der Waals surface area contributed by atoms with Crippen molar-refractivity contribution in [3.05, 3.63) is 83.9 Å². The van der Waals surface area contributed by atoms with E-state index >= 15 is 0 Å². The normalized spacial score (nSPS) is 15.2. The number of fused-ring (bicyclic) bond motifs is 1. The molecule has 9 nitrogen and oxygen atoms in total. The van der Waals surface area contributed by atoms with Crippen molar-refractivity contribution in [2.75, 3.05) is 17.3 Å². The summed E-state index contributed by atoms with van der Waals surface area (Å²) in [7, 11) is -2.57. The predicted octanol–water partition coefficient (Wildman–Crippen LogP) is 3.03. The van der Waals surface area contributed by atoms with Crippen LogP contribution in [0.3, 0.4) is 0 Å². The molecule has 3 aromatic carbocycles. The molecule has 10 heteroatoms. The Morgan fingerprint density at radius 3 is 2.37 bits per heavy atom. The number of Topliss-reactive ketones (excluding diaryl/α,β-unsaturated/α-hetero) is 1. The lowest BCUT2D eigenvalue weighted by atomic mass is 9.98. The van der Waals surface area contributed by atoms with Crippen molar-refractivity contribution < 1.29 is 27.5 Å². The SMILES string of the molecule is COc1ccccc1C(=O)CCC(=O)N1c2ccc(S(N)(=O)=O)cc2NC(=O)C1c1ccccc1. The van der Waals surface area contributed by atoms with Crippen LogP contribution in [0.4, 0.5) is 11.4 Å². The third-order valence-electron chi connectivity index (χ3n) is 5.68. The number of carbonyl (C=O) groups excluding carboxylic acids is 3. The lowest BCUT2D eigenvalue weighted by molar-refractivity contribution is -0.124. The van der Waals surface area contributed by atoms with Crippen LogP contribution in [0, 0.1) is 0 Å². The van der Waals surface area contributed by atoms with Gasteiger partial charge in [0.15, 0.2) is 5.78 Å². The van der Waals surface area contributed by atoms with Gasteiger partial charge in [0.1, 0.15) is 11.8 Å². The first-order valence-corrected chi connectivity index (χ1v) is 12.3. The Balaban J connectivity index is 1.69. The zero-order chi connectivity index (χ0) is 25.2. The number of nitrogens with two attached hydrogens (primary N) is 1. The number of para-hydroxylation sites is 1. The van der Waals surface area contributed by atoms with E-state index in [-0.39, 0.29) is 29.2 Å². The van der Waals surface area contributed by atoms with Crippen LogP contribution in [0.25, 0.3) is 0 Å². The molecule has 0 saturated heterocycles. The van der Waals surface area contributed by atoms with Crippen LogP contribution in [0.1, 0.15) is 34.8 Å². The van der Waals surface area contributed by atoms with E-state index in [0.29, 0.717) is 22.6 Å². The van der Waals surface area contributed by atoms with Crippen molar-refractivity contribution in [2.45, 2.75) is 23.8 Å². The van der Waals surface area contributed by atoms with E-state index in [1.165, 1.54) is 30.2 Å². The number of hydrogen-bond acceptors (Lipinski definition) is 6. The second-order valence-electron chi connectivity index (χ2n) is 7.91. The molecule has 35 heavy (non-hydrogen) atoms. The van der Waals surface area contributed by atoms with Crippen LogP contribution in [-0.2, 0) is 19.6 Å². The number of methoxy groups -OCH3 is 1. The molecule has 0 saturated carbocycles. The molecule has 0 spiro atoms. The summed E-state index contributed by atoms with van der Waals surface area (Å²) >= 11 is 0. The molecule has 1 atom stereocenters. The minimum atomic E-state index is -4.03. The average molecular weight is 494 g/mol. The Morgan fingerprint density at radius 1 is 1.00 bits per heavy atom. The summed E-state index contributed by atoms with van der Waals surface area (Å²) in [6, 6.07) is 18.3. The van der Waals surface area contributed by atoms with Gasteiger partial charge in [0.05, 0.1) is 28.9 Å². The molecule has 1 aliphatic rings. The fourth-order valence-electron chi connectivity index (χ4n) is 4.02. The molecule has 0 aromatic heterocycles. The first-order valence-electron chi connectivity index (χ1n) is 10.7. The van der Waals surface area contributed by atoms with Crippen molar-refractivity contribution in [3.63, 3.8) is 0 Å². The number of rotatable bonds is 7. The Bertz CT molecular complexity index is 1410. The van der Waals surface area contributed by atoms with Gasteiger partial charge in [-0.2, -0.15) is 0 Å². The largest absolute Gasteiger partial charge is 0.496 e. The highest BCUT2D eigenvalue weighted by atomic mass is 32.2. The summed E-state index contributed by atoms with van der Waals surface area (Å²) in [5.74, 6) is -0.857. The van der Waals surface area contributed by atoms with E-state index in [1.54, 1.807) is 54.6 Å². The summed E-state index contributed by atoms with van der Waals surface area (Å²) in [6.07, 6.45) is -0.284. The summed E-state index contributed by atoms with van der Waals surface area (Å²) in [6.45, 7) is 0. The van der Waals surface area contributed by atoms with E-state index in [1.807, 2.05) is 0 Å². The van der Waals surface area contributed by atoms with Crippen molar-refractivity contribution in [1.29, 1.82) is 0 Å². The number of ketones is 1. The van der Waals surface area contributed by atoms with Gasteiger partial charge in [-0.25, -0.2) is 13.6 Å². The molecule has 180 valence electrons. The standard InChI is InChI=1S/C25H23N3O6S/c1-34-22-10-6-5-9-18(22)21(29)13-14-23(30)28-20-12-11-17(35(26,32)33)15-19(20)27-25(31)24(28)16-7-3-2-4-8-16/h2-12,15,24H,13-14H2,1H3,(H,27,31)(H2,26,32,33). The van der Waals surface area contributed by atoms with Crippen molar-refractivity contribution in [1.82, 2.24) is 0 Å². The summed E-state index contributed by atoms with van der Waals surface area (Å²) in [5.41, 5.74) is 1.37. The number of anilines is 2. The predicted molar refractivity (Wildman–Crippen MR) is 130 cm³/mol. The number of ether oxygens (including phenoxy) is 1. The Labute approximate surface area is 202 Å². The van der Waals surface area contributed by atoms with E-state index in [9.17, 15) is 22.8 Å². The maximum absolute atomic E-state index is 13.5. The molecule has 0 bridgehead atoms. The third kappa shape index (κ3) is 4.93. The van der Waals surface area contributed by atoms with E-state index in [4.69, 9.17) is 9.88 Å². The maximum atomic E-state index is 13.5. The molecular weight excluding hydrogens is 470 g/mol. The number of nitrogens with one attached hydrogen (secondary N) is 1. The fourth-order valence-corrected chi connectivity index (χ4v) is 4.56. The van der Waals surface area contributed by atoms with Gasteiger partial charge in [0, 0.05) is 12.8 Å². The van der Waals surface area contributed by atoms with Crippen LogP contribution < -0.4 is 20.1 Å². The fraction of sp³-hybridized carbons (Fsp3) is 0.160. The molecular formula is C25H23N3O6S. The van der Waals surface area contributed by atoms with Gasteiger partial charge in [0.2, 0.25) is 15.9 Å². The molecule has 2 amide bonds.